The lowest BCUT2D eigenvalue weighted by atomic mass is 9.80. The summed E-state index contributed by atoms with van der Waals surface area (Å²) in [5, 5.41) is 13.9. The monoisotopic (exact) mass is 597 g/mol. The van der Waals surface area contributed by atoms with E-state index >= 15 is 0 Å². The Morgan fingerprint density at radius 1 is 0.932 bits per heavy atom. The van der Waals surface area contributed by atoms with Crippen LogP contribution in [0.3, 0.4) is 0 Å². The molecule has 1 amide bonds. The fraction of sp³-hybridized carbons (Fsp3) is 0.273. The van der Waals surface area contributed by atoms with Crippen LogP contribution in [0.1, 0.15) is 30.5 Å². The number of anilines is 1. The Hall–Kier alpha value is -5.00. The average molecular weight is 598 g/mol. The summed E-state index contributed by atoms with van der Waals surface area (Å²) in [6, 6.07) is 25.0. The molecule has 0 radical (unpaired) electrons. The van der Waals surface area contributed by atoms with Gasteiger partial charge < -0.3 is 23.9 Å². The van der Waals surface area contributed by atoms with Crippen molar-refractivity contribution in [3.05, 3.63) is 112 Å². The molecule has 3 N–H and O–H groups in total. The molecule has 2 aromatic heterocycles. The molecular formula is C33H35N5O6. The first kappa shape index (κ1) is 30.5. The number of ether oxygens (including phenoxy) is 3. The molecule has 0 unspecified atom stereocenters. The van der Waals surface area contributed by atoms with Gasteiger partial charge in [-0.1, -0.05) is 68.4 Å². The number of benzene rings is 3. The van der Waals surface area contributed by atoms with Crippen LogP contribution in [-0.4, -0.2) is 57.5 Å². The van der Waals surface area contributed by atoms with Gasteiger partial charge in [-0.25, -0.2) is 4.98 Å². The standard InChI is InChI=1S/C33H35N5O6/c1-21(2)30(40)36-32-35-29-28(31(41)37-32)34-20-38(29)18-25(39)19-44-33(22-8-6-5-7-9-22,23-10-14-26(42-3)15-11-23)24-12-16-27(43-4)17-13-24/h5-17,20-21,25,39H,18-19H2,1-4H3,(H2,35,36,37,40,41)/t25-/m0/s1. The van der Waals surface area contributed by atoms with E-state index in [1.54, 1.807) is 32.6 Å². The van der Waals surface area contributed by atoms with Crippen molar-refractivity contribution >= 4 is 23.0 Å². The molecule has 0 fully saturated rings. The van der Waals surface area contributed by atoms with Crippen LogP contribution in [0, 0.1) is 5.92 Å². The van der Waals surface area contributed by atoms with E-state index in [2.05, 4.69) is 20.3 Å². The van der Waals surface area contributed by atoms with Gasteiger partial charge in [0.05, 0.1) is 39.8 Å². The predicted molar refractivity (Wildman–Crippen MR) is 166 cm³/mol. The van der Waals surface area contributed by atoms with Crippen LogP contribution in [0.2, 0.25) is 0 Å². The summed E-state index contributed by atoms with van der Waals surface area (Å²) >= 11 is 0. The first-order valence-corrected chi connectivity index (χ1v) is 14.2. The molecule has 5 rings (SSSR count). The average Bonchev–Trinajstić information content (AvgIpc) is 3.45. The number of methoxy groups -OCH3 is 2. The number of aromatic nitrogens is 4. The van der Waals surface area contributed by atoms with Crippen LogP contribution < -0.4 is 20.3 Å². The summed E-state index contributed by atoms with van der Waals surface area (Å²) in [5.41, 5.74) is 1.22. The Morgan fingerprint density at radius 2 is 1.50 bits per heavy atom. The molecule has 5 aromatic rings. The van der Waals surface area contributed by atoms with E-state index in [0.717, 1.165) is 16.7 Å². The van der Waals surface area contributed by atoms with Crippen LogP contribution in [-0.2, 0) is 21.7 Å². The molecular weight excluding hydrogens is 562 g/mol. The van der Waals surface area contributed by atoms with Crippen LogP contribution in [0.25, 0.3) is 11.2 Å². The fourth-order valence-electron chi connectivity index (χ4n) is 4.98. The third-order valence-corrected chi connectivity index (χ3v) is 7.31. The zero-order valence-electron chi connectivity index (χ0n) is 25.0. The zero-order chi connectivity index (χ0) is 31.3. The normalized spacial score (nSPS) is 12.3. The van der Waals surface area contributed by atoms with Gasteiger partial charge in [0.25, 0.3) is 5.56 Å². The number of fused-ring (bicyclic) bond motifs is 1. The van der Waals surface area contributed by atoms with E-state index in [1.165, 1.54) is 6.33 Å². The summed E-state index contributed by atoms with van der Waals surface area (Å²) in [6.45, 7) is 3.41. The van der Waals surface area contributed by atoms with Crippen molar-refractivity contribution < 1.29 is 24.1 Å². The minimum absolute atomic E-state index is 0.01000. The van der Waals surface area contributed by atoms with Gasteiger partial charge in [0, 0.05) is 5.92 Å². The van der Waals surface area contributed by atoms with Crippen molar-refractivity contribution in [3.63, 3.8) is 0 Å². The largest absolute Gasteiger partial charge is 0.497 e. The first-order valence-electron chi connectivity index (χ1n) is 14.2. The van der Waals surface area contributed by atoms with Crippen molar-refractivity contribution in [3.8, 4) is 11.5 Å². The number of amides is 1. The number of hydrogen-bond donors (Lipinski definition) is 3. The van der Waals surface area contributed by atoms with Gasteiger partial charge >= 0.3 is 0 Å². The highest BCUT2D eigenvalue weighted by Crippen LogP contribution is 2.41. The summed E-state index contributed by atoms with van der Waals surface area (Å²) in [4.78, 5) is 35.9. The lowest BCUT2D eigenvalue weighted by Crippen LogP contribution is -2.36. The molecule has 0 aliphatic carbocycles. The van der Waals surface area contributed by atoms with Crippen LogP contribution in [0.15, 0.2) is 90.0 Å². The Bertz CT molecular complexity index is 1720. The molecule has 11 heteroatoms. The molecule has 2 heterocycles. The Morgan fingerprint density at radius 3 is 2.05 bits per heavy atom. The summed E-state index contributed by atoms with van der Waals surface area (Å²) in [7, 11) is 3.22. The summed E-state index contributed by atoms with van der Waals surface area (Å²) < 4.78 is 19.1. The van der Waals surface area contributed by atoms with Gasteiger partial charge in [0.2, 0.25) is 11.9 Å². The number of nitrogens with zero attached hydrogens (tertiary/aromatic N) is 3. The lowest BCUT2D eigenvalue weighted by molar-refractivity contribution is -0.118. The highest BCUT2D eigenvalue weighted by Gasteiger charge is 2.38. The zero-order valence-corrected chi connectivity index (χ0v) is 25.0. The number of imidazole rings is 1. The van der Waals surface area contributed by atoms with Crippen molar-refractivity contribution in [2.24, 2.45) is 5.92 Å². The number of rotatable bonds is 12. The van der Waals surface area contributed by atoms with Gasteiger partial charge in [-0.2, -0.15) is 4.98 Å². The van der Waals surface area contributed by atoms with E-state index < -0.39 is 17.3 Å². The third-order valence-electron chi connectivity index (χ3n) is 7.31. The topological polar surface area (TPSA) is 141 Å². The molecule has 1 atom stereocenters. The van der Waals surface area contributed by atoms with Crippen molar-refractivity contribution in [1.29, 1.82) is 0 Å². The predicted octanol–water partition coefficient (Wildman–Crippen LogP) is 4.10. The summed E-state index contributed by atoms with van der Waals surface area (Å²) in [5.74, 6) is 0.811. The molecule has 0 saturated heterocycles. The SMILES string of the molecule is COc1ccc(C(OC[C@@H](O)Cn2cnc3c(=O)[nH]c(NC(=O)C(C)C)nc32)(c2ccccc2)c2ccc(OC)cc2)cc1. The number of carbonyl (C=O) groups excluding carboxylic acids is 1. The van der Waals surface area contributed by atoms with Gasteiger partial charge in [-0.05, 0) is 41.0 Å². The van der Waals surface area contributed by atoms with E-state index in [0.29, 0.717) is 11.5 Å². The number of aromatic amines is 1. The maximum atomic E-state index is 12.6. The maximum absolute atomic E-state index is 12.6. The minimum Gasteiger partial charge on any atom is -0.497 e. The van der Waals surface area contributed by atoms with E-state index in [-0.39, 0.29) is 42.1 Å². The van der Waals surface area contributed by atoms with E-state index in [9.17, 15) is 14.7 Å². The molecule has 0 aliphatic heterocycles. The van der Waals surface area contributed by atoms with Crippen LogP contribution in [0.4, 0.5) is 5.95 Å². The Labute approximate surface area is 254 Å². The van der Waals surface area contributed by atoms with E-state index in [1.807, 2.05) is 78.9 Å². The summed E-state index contributed by atoms with van der Waals surface area (Å²) in [6.07, 6.45) is 0.406. The number of nitrogens with one attached hydrogen (secondary N) is 2. The smallest absolute Gasteiger partial charge is 0.280 e. The Kier molecular flexibility index (Phi) is 9.07. The molecule has 0 bridgehead atoms. The van der Waals surface area contributed by atoms with Crippen molar-refractivity contribution in [2.75, 3.05) is 26.1 Å². The van der Waals surface area contributed by atoms with Crippen molar-refractivity contribution in [1.82, 2.24) is 19.5 Å². The number of H-pyrrole nitrogens is 1. The highest BCUT2D eigenvalue weighted by molar-refractivity contribution is 5.91. The molecule has 0 spiro atoms. The number of hydrogen-bond acceptors (Lipinski definition) is 8. The second kappa shape index (κ2) is 13.1. The molecule has 3 aromatic carbocycles. The maximum Gasteiger partial charge on any atom is 0.280 e. The van der Waals surface area contributed by atoms with Gasteiger partial charge in [0.1, 0.15) is 17.1 Å². The van der Waals surface area contributed by atoms with Crippen LogP contribution >= 0.6 is 0 Å². The fourth-order valence-corrected chi connectivity index (χ4v) is 4.98. The van der Waals surface area contributed by atoms with Crippen molar-refractivity contribution in [2.45, 2.75) is 32.1 Å². The minimum atomic E-state index is -1.11. The second-order valence-electron chi connectivity index (χ2n) is 10.6. The molecule has 0 aliphatic rings. The van der Waals surface area contributed by atoms with Gasteiger partial charge in [-0.15, -0.1) is 0 Å². The van der Waals surface area contributed by atoms with Gasteiger partial charge in [0.15, 0.2) is 11.2 Å². The number of aliphatic hydroxyl groups excluding tert-OH is 1. The molecule has 11 nitrogen and oxygen atoms in total. The first-order chi connectivity index (χ1) is 21.2. The third kappa shape index (κ3) is 6.19. The molecule has 0 saturated carbocycles. The highest BCUT2D eigenvalue weighted by atomic mass is 16.5. The molecule has 44 heavy (non-hydrogen) atoms. The Balaban J connectivity index is 1.50. The quantitative estimate of drug-likeness (QED) is 0.183. The lowest BCUT2D eigenvalue weighted by Gasteiger charge is -2.36. The number of aliphatic hydroxyl groups is 1. The van der Waals surface area contributed by atoms with Crippen LogP contribution in [0.5, 0.6) is 11.5 Å². The molecule has 228 valence electrons. The number of carbonyl (C=O) groups is 1. The van der Waals surface area contributed by atoms with E-state index in [4.69, 9.17) is 14.2 Å². The second-order valence-corrected chi connectivity index (χ2v) is 10.6. The van der Waals surface area contributed by atoms with Gasteiger partial charge in [-0.3, -0.25) is 19.9 Å².